The van der Waals surface area contributed by atoms with E-state index in [1.807, 2.05) is 11.0 Å². The molecule has 0 bridgehead atoms. The summed E-state index contributed by atoms with van der Waals surface area (Å²) in [6.45, 7) is 3.44. The minimum absolute atomic E-state index is 0.0381. The van der Waals surface area contributed by atoms with Gasteiger partial charge < -0.3 is 18.8 Å². The van der Waals surface area contributed by atoms with Crippen LogP contribution in [0.2, 0.25) is 0 Å². The molecular weight excluding hydrogens is 324 g/mol. The minimum Gasteiger partial charge on any atom is -0.474 e. The summed E-state index contributed by atoms with van der Waals surface area (Å²) in [7, 11) is 0. The van der Waals surface area contributed by atoms with Gasteiger partial charge in [-0.2, -0.15) is 10.2 Å². The second-order valence-electron chi connectivity index (χ2n) is 5.54. The third kappa shape index (κ3) is 4.07. The molecule has 130 valence electrons. The number of hydrogen-bond donors (Lipinski definition) is 0. The summed E-state index contributed by atoms with van der Waals surface area (Å²) >= 11 is 0. The molecule has 2 aromatic heterocycles. The Morgan fingerprint density at radius 3 is 2.88 bits per heavy atom. The van der Waals surface area contributed by atoms with Crippen LogP contribution in [0.5, 0.6) is 5.88 Å². The topological polar surface area (TPSA) is 101 Å². The molecule has 8 nitrogen and oxygen atoms in total. The maximum atomic E-state index is 11.6. The number of carbonyl (C=O) groups excluding carboxylic acids is 1. The number of nitriles is 1. The zero-order chi connectivity index (χ0) is 17.6. The van der Waals surface area contributed by atoms with Gasteiger partial charge in [0.05, 0.1) is 12.2 Å². The SMILES string of the molecule is CCOC(=O)c1coc(N2CCC(Oc3ccc(C#N)cn3)CC2)n1. The van der Waals surface area contributed by atoms with E-state index in [0.717, 1.165) is 12.8 Å². The largest absolute Gasteiger partial charge is 0.474 e. The predicted molar refractivity (Wildman–Crippen MR) is 87.3 cm³/mol. The van der Waals surface area contributed by atoms with Crippen molar-refractivity contribution in [2.45, 2.75) is 25.9 Å². The number of pyridine rings is 1. The Bertz CT molecular complexity index is 758. The van der Waals surface area contributed by atoms with Gasteiger partial charge in [0, 0.05) is 38.2 Å². The Morgan fingerprint density at radius 1 is 1.44 bits per heavy atom. The fourth-order valence-corrected chi connectivity index (χ4v) is 2.56. The molecule has 25 heavy (non-hydrogen) atoms. The van der Waals surface area contributed by atoms with E-state index < -0.39 is 5.97 Å². The van der Waals surface area contributed by atoms with Crippen molar-refractivity contribution >= 4 is 12.0 Å². The lowest BCUT2D eigenvalue weighted by atomic mass is 10.1. The summed E-state index contributed by atoms with van der Waals surface area (Å²) < 4.78 is 16.1. The molecular formula is C17H18N4O4. The van der Waals surface area contributed by atoms with E-state index in [4.69, 9.17) is 19.2 Å². The number of esters is 1. The normalized spacial score (nSPS) is 14.8. The second kappa shape index (κ2) is 7.66. The number of carbonyl (C=O) groups is 1. The molecule has 0 unspecified atom stereocenters. The van der Waals surface area contributed by atoms with Crippen LogP contribution >= 0.6 is 0 Å². The van der Waals surface area contributed by atoms with Crippen LogP contribution in [0.1, 0.15) is 35.8 Å². The molecule has 0 amide bonds. The average molecular weight is 342 g/mol. The van der Waals surface area contributed by atoms with Crippen molar-refractivity contribution in [1.29, 1.82) is 5.26 Å². The fraction of sp³-hybridized carbons (Fsp3) is 0.412. The van der Waals surface area contributed by atoms with E-state index in [9.17, 15) is 4.79 Å². The number of piperidine rings is 1. The highest BCUT2D eigenvalue weighted by molar-refractivity contribution is 5.87. The number of hydrogen-bond acceptors (Lipinski definition) is 8. The van der Waals surface area contributed by atoms with Gasteiger partial charge in [-0.05, 0) is 13.0 Å². The molecule has 3 rings (SSSR count). The van der Waals surface area contributed by atoms with E-state index >= 15 is 0 Å². The zero-order valence-corrected chi connectivity index (χ0v) is 13.8. The molecule has 0 aliphatic carbocycles. The molecule has 2 aromatic rings. The second-order valence-corrected chi connectivity index (χ2v) is 5.54. The molecule has 0 saturated carbocycles. The first-order valence-corrected chi connectivity index (χ1v) is 8.10. The summed E-state index contributed by atoms with van der Waals surface area (Å²) in [5.74, 6) is 0.0285. The molecule has 1 aliphatic heterocycles. The number of ether oxygens (including phenoxy) is 2. The Kier molecular flexibility index (Phi) is 5.14. The first-order chi connectivity index (χ1) is 12.2. The number of aromatic nitrogens is 2. The summed E-state index contributed by atoms with van der Waals surface area (Å²) in [4.78, 5) is 21.9. The number of rotatable bonds is 5. The van der Waals surface area contributed by atoms with Crippen molar-refractivity contribution in [3.05, 3.63) is 35.9 Å². The van der Waals surface area contributed by atoms with Crippen LogP contribution < -0.4 is 9.64 Å². The summed E-state index contributed by atoms with van der Waals surface area (Å²) in [6, 6.07) is 5.82. The van der Waals surface area contributed by atoms with Crippen LogP contribution in [0.15, 0.2) is 29.0 Å². The van der Waals surface area contributed by atoms with Crippen molar-refractivity contribution in [2.24, 2.45) is 0 Å². The van der Waals surface area contributed by atoms with Gasteiger partial charge in [0.2, 0.25) is 5.88 Å². The Labute approximate surface area is 145 Å². The lowest BCUT2D eigenvalue weighted by Gasteiger charge is -2.30. The van der Waals surface area contributed by atoms with E-state index in [1.54, 1.807) is 19.1 Å². The van der Waals surface area contributed by atoms with Gasteiger partial charge in [0.15, 0.2) is 5.69 Å². The maximum absolute atomic E-state index is 11.6. The van der Waals surface area contributed by atoms with Crippen molar-refractivity contribution in [2.75, 3.05) is 24.6 Å². The molecule has 0 atom stereocenters. The molecule has 3 heterocycles. The van der Waals surface area contributed by atoms with Gasteiger partial charge in [-0.15, -0.1) is 0 Å². The zero-order valence-electron chi connectivity index (χ0n) is 13.8. The summed E-state index contributed by atoms with van der Waals surface area (Å²) in [5, 5.41) is 8.77. The summed E-state index contributed by atoms with van der Waals surface area (Å²) in [5.41, 5.74) is 0.681. The quantitative estimate of drug-likeness (QED) is 0.762. The third-order valence-electron chi connectivity index (χ3n) is 3.84. The van der Waals surface area contributed by atoms with E-state index in [1.165, 1.54) is 12.5 Å². The van der Waals surface area contributed by atoms with E-state index in [0.29, 0.717) is 37.2 Å². The third-order valence-corrected chi connectivity index (χ3v) is 3.84. The molecule has 1 saturated heterocycles. The molecule has 8 heteroatoms. The van der Waals surface area contributed by atoms with Gasteiger partial charge in [-0.3, -0.25) is 0 Å². The van der Waals surface area contributed by atoms with Crippen molar-refractivity contribution in [3.63, 3.8) is 0 Å². The van der Waals surface area contributed by atoms with Gasteiger partial charge in [0.1, 0.15) is 18.4 Å². The molecule has 0 aromatic carbocycles. The van der Waals surface area contributed by atoms with Crippen LogP contribution in [0.25, 0.3) is 0 Å². The fourth-order valence-electron chi connectivity index (χ4n) is 2.56. The highest BCUT2D eigenvalue weighted by Crippen LogP contribution is 2.22. The van der Waals surface area contributed by atoms with Crippen LogP contribution in [0, 0.1) is 11.3 Å². The van der Waals surface area contributed by atoms with Gasteiger partial charge in [-0.25, -0.2) is 9.78 Å². The Balaban J connectivity index is 1.53. The Morgan fingerprint density at radius 2 is 2.24 bits per heavy atom. The van der Waals surface area contributed by atoms with Crippen LogP contribution in [-0.4, -0.2) is 41.7 Å². The molecule has 1 fully saturated rings. The monoisotopic (exact) mass is 342 g/mol. The lowest BCUT2D eigenvalue weighted by Crippen LogP contribution is -2.38. The highest BCUT2D eigenvalue weighted by atomic mass is 16.5. The standard InChI is InChI=1S/C17H18N4O4/c1-2-23-16(22)14-11-24-17(20-14)21-7-5-13(6-8-21)25-15-4-3-12(9-18)10-19-15/h3-4,10-11,13H,2,5-8H2,1H3. The van der Waals surface area contributed by atoms with Gasteiger partial charge in [0.25, 0.3) is 6.01 Å². The number of anilines is 1. The van der Waals surface area contributed by atoms with Crippen molar-refractivity contribution in [1.82, 2.24) is 9.97 Å². The van der Waals surface area contributed by atoms with Gasteiger partial charge in [-0.1, -0.05) is 0 Å². The molecule has 1 aliphatic rings. The van der Waals surface area contributed by atoms with Crippen LogP contribution in [0.4, 0.5) is 6.01 Å². The molecule has 0 spiro atoms. The molecule has 0 radical (unpaired) electrons. The highest BCUT2D eigenvalue weighted by Gasteiger charge is 2.25. The predicted octanol–water partition coefficient (Wildman–Crippen LogP) is 2.17. The first kappa shape index (κ1) is 16.8. The van der Waals surface area contributed by atoms with E-state index in [2.05, 4.69) is 9.97 Å². The maximum Gasteiger partial charge on any atom is 0.360 e. The number of nitrogens with zero attached hydrogens (tertiary/aromatic N) is 4. The van der Waals surface area contributed by atoms with Crippen molar-refractivity contribution < 1.29 is 18.7 Å². The smallest absolute Gasteiger partial charge is 0.360 e. The lowest BCUT2D eigenvalue weighted by molar-refractivity contribution is 0.0519. The molecule has 0 N–H and O–H groups in total. The van der Waals surface area contributed by atoms with Crippen LogP contribution in [-0.2, 0) is 4.74 Å². The number of oxazole rings is 1. The first-order valence-electron chi connectivity index (χ1n) is 8.10. The van der Waals surface area contributed by atoms with Gasteiger partial charge >= 0.3 is 5.97 Å². The van der Waals surface area contributed by atoms with Crippen molar-refractivity contribution in [3.8, 4) is 11.9 Å². The van der Waals surface area contributed by atoms with Crippen LogP contribution in [0.3, 0.4) is 0 Å². The Hall–Kier alpha value is -3.08. The average Bonchev–Trinajstić information content (AvgIpc) is 3.13. The summed E-state index contributed by atoms with van der Waals surface area (Å²) in [6.07, 6.45) is 4.40. The minimum atomic E-state index is -0.484. The van der Waals surface area contributed by atoms with E-state index in [-0.39, 0.29) is 11.8 Å².